The number of benzene rings is 1. The molecule has 0 bridgehead atoms. The largest absolute Gasteiger partial charge is 0.490 e. The zero-order valence-electron chi connectivity index (χ0n) is 14.1. The first-order valence-corrected chi connectivity index (χ1v) is 7.29. The number of hydrogen-bond acceptors (Lipinski definition) is 5. The number of nitriles is 1. The fraction of sp³-hybridized carbons (Fsp3) is 0.353. The third-order valence-electron chi connectivity index (χ3n) is 3.02. The van der Waals surface area contributed by atoms with Gasteiger partial charge in [-0.15, -0.1) is 0 Å². The van der Waals surface area contributed by atoms with Crippen LogP contribution in [-0.2, 0) is 9.59 Å². The molecule has 0 aliphatic carbocycles. The van der Waals surface area contributed by atoms with Gasteiger partial charge in [0.25, 0.3) is 5.91 Å². The summed E-state index contributed by atoms with van der Waals surface area (Å²) >= 11 is 0. The number of nitrogens with zero attached hydrogens (tertiary/aromatic N) is 2. The highest BCUT2D eigenvalue weighted by Crippen LogP contribution is 2.30. The maximum Gasteiger partial charge on any atom is 0.346 e. The zero-order valence-corrected chi connectivity index (χ0v) is 14.1. The summed E-state index contributed by atoms with van der Waals surface area (Å²) in [5.41, 5.74) is 0.0959. The van der Waals surface area contributed by atoms with E-state index >= 15 is 0 Å². The summed E-state index contributed by atoms with van der Waals surface area (Å²) in [6.07, 6.45) is 0.539. The van der Waals surface area contributed by atoms with Crippen LogP contribution in [0, 0.1) is 11.3 Å². The minimum absolute atomic E-state index is 0.195. The predicted octanol–water partition coefficient (Wildman–Crippen LogP) is 1.93. The number of ether oxygens (including phenoxy) is 2. The van der Waals surface area contributed by atoms with Crippen molar-refractivity contribution in [1.82, 2.24) is 4.90 Å². The van der Waals surface area contributed by atoms with Gasteiger partial charge in [-0.05, 0) is 37.6 Å². The molecule has 0 radical (unpaired) electrons. The number of hydrogen-bond donors (Lipinski definition) is 1. The Kier molecular flexibility index (Phi) is 6.80. The Labute approximate surface area is 140 Å². The predicted molar refractivity (Wildman–Crippen MR) is 87.6 cm³/mol. The third kappa shape index (κ3) is 5.02. The molecule has 0 aliphatic heterocycles. The molecule has 0 fully saturated rings. The van der Waals surface area contributed by atoms with E-state index < -0.39 is 12.1 Å². The summed E-state index contributed by atoms with van der Waals surface area (Å²) in [5, 5.41) is 17.7. The highest BCUT2D eigenvalue weighted by Gasteiger charge is 2.19. The maximum absolute atomic E-state index is 11.9. The van der Waals surface area contributed by atoms with Crippen LogP contribution in [0.1, 0.15) is 19.4 Å². The first-order chi connectivity index (χ1) is 11.3. The second-order valence-corrected chi connectivity index (χ2v) is 5.11. The molecule has 0 saturated heterocycles. The molecule has 0 heterocycles. The highest BCUT2D eigenvalue weighted by molar-refractivity contribution is 5.96. The van der Waals surface area contributed by atoms with Crippen molar-refractivity contribution in [3.05, 3.63) is 29.3 Å². The van der Waals surface area contributed by atoms with E-state index in [1.165, 1.54) is 11.0 Å². The van der Waals surface area contributed by atoms with Gasteiger partial charge in [0, 0.05) is 14.1 Å². The summed E-state index contributed by atoms with van der Waals surface area (Å²) in [6, 6.07) is 6.34. The number of amides is 1. The zero-order chi connectivity index (χ0) is 18.3. The van der Waals surface area contributed by atoms with Crippen molar-refractivity contribution in [3.8, 4) is 17.6 Å². The van der Waals surface area contributed by atoms with E-state index in [2.05, 4.69) is 0 Å². The van der Waals surface area contributed by atoms with Gasteiger partial charge in [-0.3, -0.25) is 4.79 Å². The minimum Gasteiger partial charge on any atom is -0.490 e. The van der Waals surface area contributed by atoms with Crippen LogP contribution in [0.15, 0.2) is 23.8 Å². The van der Waals surface area contributed by atoms with Gasteiger partial charge in [0.05, 0.1) is 6.61 Å². The highest BCUT2D eigenvalue weighted by atomic mass is 16.5. The van der Waals surface area contributed by atoms with Gasteiger partial charge >= 0.3 is 5.97 Å². The van der Waals surface area contributed by atoms with Crippen LogP contribution in [0.25, 0.3) is 6.08 Å². The normalized spacial score (nSPS) is 12.0. The van der Waals surface area contributed by atoms with Crippen molar-refractivity contribution in [2.24, 2.45) is 0 Å². The lowest BCUT2D eigenvalue weighted by Crippen LogP contribution is -2.35. The molecular formula is C17H20N2O5. The van der Waals surface area contributed by atoms with Crippen LogP contribution in [0.5, 0.6) is 11.5 Å². The number of carbonyl (C=O) groups is 2. The second kappa shape index (κ2) is 8.58. The van der Waals surface area contributed by atoms with Crippen molar-refractivity contribution >= 4 is 18.0 Å². The van der Waals surface area contributed by atoms with Gasteiger partial charge in [-0.25, -0.2) is 4.79 Å². The van der Waals surface area contributed by atoms with Crippen molar-refractivity contribution < 1.29 is 24.2 Å². The summed E-state index contributed by atoms with van der Waals surface area (Å²) in [7, 11) is 3.27. The average molecular weight is 332 g/mol. The number of carbonyl (C=O) groups excluding carboxylic acids is 1. The van der Waals surface area contributed by atoms with Crippen molar-refractivity contribution in [2.45, 2.75) is 20.0 Å². The Balaban J connectivity index is 3.14. The van der Waals surface area contributed by atoms with Gasteiger partial charge < -0.3 is 19.5 Å². The van der Waals surface area contributed by atoms with Crippen LogP contribution in [0.4, 0.5) is 0 Å². The molecule has 7 heteroatoms. The molecule has 1 amide bonds. The van der Waals surface area contributed by atoms with E-state index in [0.29, 0.717) is 23.7 Å². The van der Waals surface area contributed by atoms with E-state index in [9.17, 15) is 9.59 Å². The monoisotopic (exact) mass is 332 g/mol. The van der Waals surface area contributed by atoms with Crippen LogP contribution < -0.4 is 9.47 Å². The van der Waals surface area contributed by atoms with Gasteiger partial charge in [-0.1, -0.05) is 6.07 Å². The number of aliphatic carboxylic acids is 1. The Bertz CT molecular complexity index is 689. The molecule has 1 aromatic rings. The Hall–Kier alpha value is -3.01. The third-order valence-corrected chi connectivity index (χ3v) is 3.02. The molecule has 7 nitrogen and oxygen atoms in total. The molecule has 1 atom stereocenters. The molecule has 128 valence electrons. The molecule has 0 spiro atoms. The summed E-state index contributed by atoms with van der Waals surface area (Å²) in [6.45, 7) is 3.78. The second-order valence-electron chi connectivity index (χ2n) is 5.11. The lowest BCUT2D eigenvalue weighted by Gasteiger charge is -2.20. The molecule has 0 aromatic heterocycles. The molecule has 0 unspecified atom stereocenters. The smallest absolute Gasteiger partial charge is 0.346 e. The molecule has 1 aromatic carbocycles. The minimum atomic E-state index is -1.30. The molecular weight excluding hydrogens is 312 g/mol. The average Bonchev–Trinajstić information content (AvgIpc) is 2.53. The summed E-state index contributed by atoms with van der Waals surface area (Å²) < 4.78 is 11.1. The first-order valence-electron chi connectivity index (χ1n) is 7.29. The molecule has 0 saturated carbocycles. The number of carboxylic acids is 1. The fourth-order valence-corrected chi connectivity index (χ4v) is 1.89. The van der Waals surface area contributed by atoms with Gasteiger partial charge in [0.15, 0.2) is 17.6 Å². The van der Waals surface area contributed by atoms with E-state index in [4.69, 9.17) is 19.8 Å². The lowest BCUT2D eigenvalue weighted by molar-refractivity contribution is -0.135. The van der Waals surface area contributed by atoms with Crippen LogP contribution in [-0.4, -0.2) is 48.7 Å². The lowest BCUT2D eigenvalue weighted by atomic mass is 10.1. The van der Waals surface area contributed by atoms with Gasteiger partial charge in [0.2, 0.25) is 0 Å². The first kappa shape index (κ1) is 19.0. The number of likely N-dealkylation sites (N-methyl/N-ethyl adjacent to an activating group) is 1. The number of carboxylic acid groups (broad SMARTS) is 1. The van der Waals surface area contributed by atoms with Crippen molar-refractivity contribution in [1.29, 1.82) is 5.26 Å². The maximum atomic E-state index is 11.9. The Morgan fingerprint density at radius 1 is 1.38 bits per heavy atom. The number of rotatable bonds is 7. The van der Waals surface area contributed by atoms with Crippen LogP contribution in [0.2, 0.25) is 0 Å². The van der Waals surface area contributed by atoms with Gasteiger partial charge in [-0.2, -0.15) is 5.26 Å². The van der Waals surface area contributed by atoms with Crippen molar-refractivity contribution in [3.63, 3.8) is 0 Å². The van der Waals surface area contributed by atoms with Crippen LogP contribution >= 0.6 is 0 Å². The van der Waals surface area contributed by atoms with Crippen molar-refractivity contribution in [2.75, 3.05) is 20.7 Å². The Morgan fingerprint density at radius 2 is 2.04 bits per heavy atom. The summed E-state index contributed by atoms with van der Waals surface area (Å²) in [4.78, 5) is 24.2. The van der Waals surface area contributed by atoms with Gasteiger partial charge in [0.1, 0.15) is 11.6 Å². The topological polar surface area (TPSA) is 99.9 Å². The van der Waals surface area contributed by atoms with Crippen LogP contribution in [0.3, 0.4) is 0 Å². The molecule has 1 N–H and O–H groups in total. The molecule has 24 heavy (non-hydrogen) atoms. The standard InChI is InChI=1S/C17H20N2O5/c1-5-23-15-9-12(8-13(10-18)17(21)22)6-7-14(15)24-11(2)16(20)19(3)4/h6-9,11H,5H2,1-4H3,(H,21,22)/b13-8+/t11-/m0/s1. The quantitative estimate of drug-likeness (QED) is 0.605. The molecule has 0 aliphatic rings. The van der Waals surface area contributed by atoms with E-state index in [1.807, 2.05) is 0 Å². The molecule has 1 rings (SSSR count). The SMILES string of the molecule is CCOc1cc(/C=C(\C#N)C(=O)O)ccc1O[C@@H](C)C(=O)N(C)C. The van der Waals surface area contributed by atoms with E-state index in [1.54, 1.807) is 52.2 Å². The Morgan fingerprint density at radius 3 is 2.54 bits per heavy atom. The fourth-order valence-electron chi connectivity index (χ4n) is 1.89. The summed E-state index contributed by atoms with van der Waals surface area (Å²) in [5.74, 6) is -0.766. The van der Waals surface area contributed by atoms with E-state index in [-0.39, 0.29) is 11.5 Å². The van der Waals surface area contributed by atoms with E-state index in [0.717, 1.165) is 0 Å².